The van der Waals surface area contributed by atoms with Crippen molar-refractivity contribution in [1.82, 2.24) is 4.98 Å². The Kier molecular flexibility index (Phi) is 1.85. The highest BCUT2D eigenvalue weighted by Gasteiger charge is 2.24. The molecule has 1 aromatic rings. The monoisotopic (exact) mass is 174 g/mol. The molecule has 1 aromatic heterocycles. The standard InChI is InChI=1S/C10H10N2O/c1-8-6-10(13)12(7-8)9-4-2-3-5-11-9/h2-5H,1,6-7H2. The van der Waals surface area contributed by atoms with E-state index in [-0.39, 0.29) is 5.91 Å². The molecule has 1 aliphatic heterocycles. The SMILES string of the molecule is C=C1CC(=O)N(c2ccccn2)C1. The van der Waals surface area contributed by atoms with Crippen LogP contribution in [-0.4, -0.2) is 17.4 Å². The molecule has 1 amide bonds. The van der Waals surface area contributed by atoms with Crippen LogP contribution in [0.5, 0.6) is 0 Å². The summed E-state index contributed by atoms with van der Waals surface area (Å²) < 4.78 is 0. The summed E-state index contributed by atoms with van der Waals surface area (Å²) in [5, 5.41) is 0. The first-order valence-electron chi connectivity index (χ1n) is 4.15. The van der Waals surface area contributed by atoms with Gasteiger partial charge in [0, 0.05) is 19.2 Å². The quantitative estimate of drug-likeness (QED) is 0.602. The van der Waals surface area contributed by atoms with Gasteiger partial charge in [-0.2, -0.15) is 0 Å². The molecule has 2 heterocycles. The molecule has 0 aromatic carbocycles. The molecule has 0 radical (unpaired) electrons. The molecule has 0 saturated carbocycles. The zero-order valence-corrected chi connectivity index (χ0v) is 7.23. The summed E-state index contributed by atoms with van der Waals surface area (Å²) in [6.45, 7) is 4.40. The number of pyridine rings is 1. The smallest absolute Gasteiger partial charge is 0.232 e. The highest BCUT2D eigenvalue weighted by molar-refractivity contribution is 5.97. The molecule has 3 heteroatoms. The van der Waals surface area contributed by atoms with Gasteiger partial charge in [-0.15, -0.1) is 0 Å². The second kappa shape index (κ2) is 3.01. The number of carbonyl (C=O) groups excluding carboxylic acids is 1. The Morgan fingerprint density at radius 2 is 2.31 bits per heavy atom. The summed E-state index contributed by atoms with van der Waals surface area (Å²) in [4.78, 5) is 17.2. The maximum Gasteiger partial charge on any atom is 0.232 e. The van der Waals surface area contributed by atoms with Crippen LogP contribution < -0.4 is 4.90 Å². The van der Waals surface area contributed by atoms with Crippen molar-refractivity contribution in [3.05, 3.63) is 36.5 Å². The van der Waals surface area contributed by atoms with Crippen LogP contribution in [0.3, 0.4) is 0 Å². The van der Waals surface area contributed by atoms with Crippen LogP contribution in [0.1, 0.15) is 6.42 Å². The van der Waals surface area contributed by atoms with Gasteiger partial charge in [0.2, 0.25) is 5.91 Å². The highest BCUT2D eigenvalue weighted by Crippen LogP contribution is 2.20. The number of hydrogen-bond acceptors (Lipinski definition) is 2. The fourth-order valence-corrected chi connectivity index (χ4v) is 1.40. The Bertz CT molecular complexity index is 345. The van der Waals surface area contributed by atoms with Crippen LogP contribution in [0.25, 0.3) is 0 Å². The molecule has 0 bridgehead atoms. The van der Waals surface area contributed by atoms with Crippen LogP contribution in [0.4, 0.5) is 5.82 Å². The molecule has 0 unspecified atom stereocenters. The summed E-state index contributed by atoms with van der Waals surface area (Å²) in [5.41, 5.74) is 0.954. The fourth-order valence-electron chi connectivity index (χ4n) is 1.40. The van der Waals surface area contributed by atoms with Crippen molar-refractivity contribution < 1.29 is 4.79 Å². The normalized spacial score (nSPS) is 16.8. The van der Waals surface area contributed by atoms with E-state index in [9.17, 15) is 4.79 Å². The van der Waals surface area contributed by atoms with Crippen molar-refractivity contribution in [1.29, 1.82) is 0 Å². The van der Waals surface area contributed by atoms with Gasteiger partial charge in [-0.3, -0.25) is 9.69 Å². The average Bonchev–Trinajstić information content (AvgIpc) is 2.47. The maximum absolute atomic E-state index is 11.4. The van der Waals surface area contributed by atoms with E-state index < -0.39 is 0 Å². The molecule has 66 valence electrons. The largest absolute Gasteiger partial charge is 0.292 e. The summed E-state index contributed by atoms with van der Waals surface area (Å²) in [6, 6.07) is 5.53. The van der Waals surface area contributed by atoms with Gasteiger partial charge in [0.05, 0.1) is 0 Å². The van der Waals surface area contributed by atoms with Gasteiger partial charge in [0.15, 0.2) is 0 Å². The van der Waals surface area contributed by atoms with Crippen LogP contribution >= 0.6 is 0 Å². The summed E-state index contributed by atoms with van der Waals surface area (Å²) in [7, 11) is 0. The molecule has 0 aliphatic carbocycles. The zero-order chi connectivity index (χ0) is 9.26. The zero-order valence-electron chi connectivity index (χ0n) is 7.23. The van der Waals surface area contributed by atoms with E-state index in [1.54, 1.807) is 11.1 Å². The van der Waals surface area contributed by atoms with Crippen LogP contribution in [-0.2, 0) is 4.79 Å². The maximum atomic E-state index is 11.4. The van der Waals surface area contributed by atoms with E-state index in [4.69, 9.17) is 0 Å². The van der Waals surface area contributed by atoms with Crippen molar-refractivity contribution in [2.45, 2.75) is 6.42 Å². The fraction of sp³-hybridized carbons (Fsp3) is 0.200. The van der Waals surface area contributed by atoms with Gasteiger partial charge in [-0.05, 0) is 17.7 Å². The van der Waals surface area contributed by atoms with Crippen molar-refractivity contribution in [3.8, 4) is 0 Å². The van der Waals surface area contributed by atoms with Crippen LogP contribution in [0, 0.1) is 0 Å². The minimum Gasteiger partial charge on any atom is -0.292 e. The van der Waals surface area contributed by atoms with Gasteiger partial charge < -0.3 is 0 Å². The number of hydrogen-bond donors (Lipinski definition) is 0. The van der Waals surface area contributed by atoms with E-state index in [0.717, 1.165) is 5.57 Å². The molecular formula is C10H10N2O. The molecule has 1 saturated heterocycles. The van der Waals surface area contributed by atoms with Crippen molar-refractivity contribution in [3.63, 3.8) is 0 Å². The molecule has 2 rings (SSSR count). The molecule has 0 spiro atoms. The third-order valence-corrected chi connectivity index (χ3v) is 2.01. The van der Waals surface area contributed by atoms with E-state index >= 15 is 0 Å². The Hall–Kier alpha value is -1.64. The molecule has 1 aliphatic rings. The molecule has 1 fully saturated rings. The second-order valence-corrected chi connectivity index (χ2v) is 3.09. The summed E-state index contributed by atoms with van der Waals surface area (Å²) in [5.74, 6) is 0.801. The Morgan fingerprint density at radius 3 is 2.85 bits per heavy atom. The van der Waals surface area contributed by atoms with Crippen molar-refractivity contribution in [2.75, 3.05) is 11.4 Å². The number of aromatic nitrogens is 1. The Morgan fingerprint density at radius 1 is 1.46 bits per heavy atom. The number of amides is 1. The molecular weight excluding hydrogens is 164 g/mol. The third kappa shape index (κ3) is 1.45. The lowest BCUT2D eigenvalue weighted by Crippen LogP contribution is -2.24. The minimum absolute atomic E-state index is 0.0868. The number of rotatable bonds is 1. The van der Waals surface area contributed by atoms with Crippen LogP contribution in [0.2, 0.25) is 0 Å². The number of nitrogens with zero attached hydrogens (tertiary/aromatic N) is 2. The molecule has 0 N–H and O–H groups in total. The molecule has 3 nitrogen and oxygen atoms in total. The highest BCUT2D eigenvalue weighted by atomic mass is 16.2. The molecule has 0 atom stereocenters. The predicted octanol–water partition coefficient (Wildman–Crippen LogP) is 1.37. The topological polar surface area (TPSA) is 33.2 Å². The summed E-state index contributed by atoms with van der Waals surface area (Å²) >= 11 is 0. The van der Waals surface area contributed by atoms with Crippen molar-refractivity contribution in [2.24, 2.45) is 0 Å². The van der Waals surface area contributed by atoms with Gasteiger partial charge in [0.25, 0.3) is 0 Å². The third-order valence-electron chi connectivity index (χ3n) is 2.01. The van der Waals surface area contributed by atoms with Gasteiger partial charge >= 0.3 is 0 Å². The minimum atomic E-state index is 0.0868. The first kappa shape index (κ1) is 7.98. The van der Waals surface area contributed by atoms with Gasteiger partial charge in [-0.1, -0.05) is 12.6 Å². The lowest BCUT2D eigenvalue weighted by Gasteiger charge is -2.12. The van der Waals surface area contributed by atoms with Gasteiger partial charge in [0.1, 0.15) is 5.82 Å². The van der Waals surface area contributed by atoms with E-state index in [1.165, 1.54) is 0 Å². The lowest BCUT2D eigenvalue weighted by atomic mass is 10.3. The summed E-state index contributed by atoms with van der Waals surface area (Å²) in [6.07, 6.45) is 2.14. The second-order valence-electron chi connectivity index (χ2n) is 3.09. The first-order valence-corrected chi connectivity index (χ1v) is 4.15. The lowest BCUT2D eigenvalue weighted by molar-refractivity contribution is -0.116. The predicted molar refractivity (Wildman–Crippen MR) is 50.3 cm³/mol. The van der Waals surface area contributed by atoms with Gasteiger partial charge in [-0.25, -0.2) is 4.98 Å². The van der Waals surface area contributed by atoms with Crippen molar-refractivity contribution >= 4 is 11.7 Å². The number of carbonyl (C=O) groups is 1. The van der Waals surface area contributed by atoms with E-state index in [1.807, 2.05) is 18.2 Å². The molecule has 13 heavy (non-hydrogen) atoms. The van der Waals surface area contributed by atoms with E-state index in [0.29, 0.717) is 18.8 Å². The average molecular weight is 174 g/mol. The Balaban J connectivity index is 2.28. The Labute approximate surface area is 76.7 Å². The van der Waals surface area contributed by atoms with E-state index in [2.05, 4.69) is 11.6 Å². The van der Waals surface area contributed by atoms with Crippen LogP contribution in [0.15, 0.2) is 36.5 Å². The number of anilines is 1. The first-order chi connectivity index (χ1) is 6.27.